The van der Waals surface area contributed by atoms with Crippen LogP contribution >= 0.6 is 0 Å². The number of nitrogens with one attached hydrogen (secondary N) is 1. The third-order valence-electron chi connectivity index (χ3n) is 6.58. The van der Waals surface area contributed by atoms with Gasteiger partial charge in [0.2, 0.25) is 21.8 Å². The molecule has 0 aliphatic carbocycles. The van der Waals surface area contributed by atoms with Crippen molar-refractivity contribution in [2.24, 2.45) is 0 Å². The van der Waals surface area contributed by atoms with Gasteiger partial charge in [-0.2, -0.15) is 0 Å². The number of amides is 2. The number of ether oxygens (including phenoxy) is 1. The lowest BCUT2D eigenvalue weighted by Gasteiger charge is -2.34. The maximum Gasteiger partial charge on any atom is 0.244 e. The van der Waals surface area contributed by atoms with E-state index in [4.69, 9.17) is 4.74 Å². The van der Waals surface area contributed by atoms with E-state index in [-0.39, 0.29) is 30.6 Å². The molecule has 0 saturated heterocycles. The Bertz CT molecular complexity index is 1370. The molecule has 0 radical (unpaired) electrons. The standard InChI is InChI=1S/C30H36FN3O5S/c1-5-22(2)32-30(36)28(19-23-9-7-6-8-10-23)33(20-24-11-13-25(31)14-12-24)29(35)21-34(40(4,37)38)26-15-17-27(39-3)18-16-26/h6-18,22,28H,5,19-21H2,1-4H3,(H,32,36)/t22-,28-/m1/s1. The van der Waals surface area contributed by atoms with Crippen LogP contribution < -0.4 is 14.4 Å². The predicted molar refractivity (Wildman–Crippen MR) is 154 cm³/mol. The molecule has 10 heteroatoms. The van der Waals surface area contributed by atoms with Gasteiger partial charge >= 0.3 is 0 Å². The highest BCUT2D eigenvalue weighted by Gasteiger charge is 2.33. The molecule has 8 nitrogen and oxygen atoms in total. The highest BCUT2D eigenvalue weighted by molar-refractivity contribution is 7.92. The minimum Gasteiger partial charge on any atom is -0.497 e. The number of anilines is 1. The van der Waals surface area contributed by atoms with Crippen LogP contribution in [0.2, 0.25) is 0 Å². The van der Waals surface area contributed by atoms with Crippen molar-refractivity contribution in [3.8, 4) is 5.75 Å². The van der Waals surface area contributed by atoms with E-state index in [1.54, 1.807) is 36.4 Å². The van der Waals surface area contributed by atoms with E-state index in [1.165, 1.54) is 24.1 Å². The molecule has 2 atom stereocenters. The van der Waals surface area contributed by atoms with Crippen molar-refractivity contribution in [3.63, 3.8) is 0 Å². The molecule has 0 heterocycles. The van der Waals surface area contributed by atoms with E-state index in [0.717, 1.165) is 16.1 Å². The summed E-state index contributed by atoms with van der Waals surface area (Å²) in [4.78, 5) is 29.0. The lowest BCUT2D eigenvalue weighted by Crippen LogP contribution is -2.54. The topological polar surface area (TPSA) is 96.0 Å². The first-order chi connectivity index (χ1) is 19.0. The monoisotopic (exact) mass is 569 g/mol. The molecule has 1 N–H and O–H groups in total. The number of carbonyl (C=O) groups is 2. The van der Waals surface area contributed by atoms with Crippen LogP contribution in [0.15, 0.2) is 78.9 Å². The number of rotatable bonds is 13. The van der Waals surface area contributed by atoms with Gasteiger partial charge in [0.25, 0.3) is 0 Å². The van der Waals surface area contributed by atoms with Crippen molar-refractivity contribution in [1.29, 1.82) is 0 Å². The fourth-order valence-electron chi connectivity index (χ4n) is 4.14. The quantitative estimate of drug-likeness (QED) is 0.334. The lowest BCUT2D eigenvalue weighted by molar-refractivity contribution is -0.140. The van der Waals surface area contributed by atoms with Crippen LogP contribution in [-0.4, -0.2) is 57.1 Å². The maximum absolute atomic E-state index is 14.0. The third kappa shape index (κ3) is 8.54. The summed E-state index contributed by atoms with van der Waals surface area (Å²) in [5, 5.41) is 2.97. The first kappa shape index (κ1) is 30.6. The Morgan fingerprint density at radius 1 is 0.950 bits per heavy atom. The molecule has 214 valence electrons. The normalized spacial score (nSPS) is 12.7. The number of halogens is 1. The Labute approximate surface area is 235 Å². The van der Waals surface area contributed by atoms with E-state index in [2.05, 4.69) is 5.32 Å². The smallest absolute Gasteiger partial charge is 0.244 e. The van der Waals surface area contributed by atoms with Crippen molar-refractivity contribution >= 4 is 27.5 Å². The Balaban J connectivity index is 2.04. The van der Waals surface area contributed by atoms with Gasteiger partial charge in [0, 0.05) is 19.0 Å². The van der Waals surface area contributed by atoms with E-state index in [0.29, 0.717) is 17.7 Å². The van der Waals surface area contributed by atoms with E-state index in [9.17, 15) is 22.4 Å². The minimum absolute atomic E-state index is 0.0231. The van der Waals surface area contributed by atoms with Crippen LogP contribution in [0.1, 0.15) is 31.4 Å². The van der Waals surface area contributed by atoms with Crippen molar-refractivity contribution < 1.29 is 27.1 Å². The molecular weight excluding hydrogens is 533 g/mol. The summed E-state index contributed by atoms with van der Waals surface area (Å²) >= 11 is 0. The van der Waals surface area contributed by atoms with Crippen LogP contribution in [0.3, 0.4) is 0 Å². The number of methoxy groups -OCH3 is 1. The number of sulfonamides is 1. The van der Waals surface area contributed by atoms with Gasteiger partial charge in [-0.15, -0.1) is 0 Å². The number of hydrogen-bond acceptors (Lipinski definition) is 5. The molecule has 0 spiro atoms. The van der Waals surface area contributed by atoms with E-state index < -0.39 is 34.3 Å². The minimum atomic E-state index is -3.88. The molecule has 2 amide bonds. The fourth-order valence-corrected chi connectivity index (χ4v) is 4.99. The predicted octanol–water partition coefficient (Wildman–Crippen LogP) is 4.16. The van der Waals surface area contributed by atoms with Gasteiger partial charge in [-0.25, -0.2) is 12.8 Å². The SMILES string of the molecule is CC[C@@H](C)NC(=O)[C@@H](Cc1ccccc1)N(Cc1ccc(F)cc1)C(=O)CN(c1ccc(OC)cc1)S(C)(=O)=O. The van der Waals surface area contributed by atoms with Crippen LogP contribution in [0.25, 0.3) is 0 Å². The highest BCUT2D eigenvalue weighted by atomic mass is 32.2. The van der Waals surface area contributed by atoms with Gasteiger partial charge in [-0.3, -0.25) is 13.9 Å². The Kier molecular flexibility index (Phi) is 10.7. The largest absolute Gasteiger partial charge is 0.497 e. The highest BCUT2D eigenvalue weighted by Crippen LogP contribution is 2.23. The van der Waals surface area contributed by atoms with Crippen molar-refractivity contribution in [2.45, 2.75) is 45.3 Å². The molecule has 0 saturated carbocycles. The number of carbonyl (C=O) groups excluding carboxylic acids is 2. The van der Waals surface area contributed by atoms with Gasteiger partial charge in [-0.1, -0.05) is 49.4 Å². The average Bonchev–Trinajstić information content (AvgIpc) is 2.94. The van der Waals surface area contributed by atoms with E-state index in [1.807, 2.05) is 44.2 Å². The molecule has 0 bridgehead atoms. The van der Waals surface area contributed by atoms with Crippen molar-refractivity contribution in [1.82, 2.24) is 10.2 Å². The summed E-state index contributed by atoms with van der Waals surface area (Å²) in [7, 11) is -2.38. The molecule has 3 aromatic rings. The van der Waals surface area contributed by atoms with Gasteiger partial charge in [0.05, 0.1) is 19.1 Å². The van der Waals surface area contributed by atoms with Crippen LogP contribution in [-0.2, 0) is 32.6 Å². The second-order valence-corrected chi connectivity index (χ2v) is 11.5. The van der Waals surface area contributed by atoms with Gasteiger partial charge in [0.1, 0.15) is 24.2 Å². The van der Waals surface area contributed by atoms with Crippen molar-refractivity contribution in [2.75, 3.05) is 24.2 Å². The molecule has 0 aromatic heterocycles. The van der Waals surface area contributed by atoms with Crippen molar-refractivity contribution in [3.05, 3.63) is 95.8 Å². The fraction of sp³-hybridized carbons (Fsp3) is 0.333. The first-order valence-electron chi connectivity index (χ1n) is 13.0. The third-order valence-corrected chi connectivity index (χ3v) is 7.72. The first-order valence-corrected chi connectivity index (χ1v) is 14.9. The molecule has 0 fully saturated rings. The van der Waals surface area contributed by atoms with Crippen LogP contribution in [0.5, 0.6) is 5.75 Å². The lowest BCUT2D eigenvalue weighted by atomic mass is 10.0. The van der Waals surface area contributed by atoms with Crippen LogP contribution in [0.4, 0.5) is 10.1 Å². The molecule has 0 unspecified atom stereocenters. The second-order valence-electron chi connectivity index (χ2n) is 9.64. The zero-order valence-electron chi connectivity index (χ0n) is 23.2. The summed E-state index contributed by atoms with van der Waals surface area (Å²) in [5.41, 5.74) is 1.71. The Morgan fingerprint density at radius 2 is 1.57 bits per heavy atom. The summed E-state index contributed by atoms with van der Waals surface area (Å²) in [6, 6.07) is 20.1. The van der Waals surface area contributed by atoms with Gasteiger partial charge < -0.3 is 15.0 Å². The number of hydrogen-bond donors (Lipinski definition) is 1. The molecule has 0 aliphatic rings. The zero-order valence-corrected chi connectivity index (χ0v) is 24.0. The number of benzene rings is 3. The maximum atomic E-state index is 14.0. The van der Waals surface area contributed by atoms with E-state index >= 15 is 0 Å². The van der Waals surface area contributed by atoms with Crippen LogP contribution in [0, 0.1) is 5.82 Å². The molecular formula is C30H36FN3O5S. The summed E-state index contributed by atoms with van der Waals surface area (Å²) in [5.74, 6) is -0.833. The molecule has 3 rings (SSSR count). The Morgan fingerprint density at radius 3 is 2.12 bits per heavy atom. The summed E-state index contributed by atoms with van der Waals surface area (Å²) in [6.45, 7) is 3.26. The molecule has 3 aromatic carbocycles. The summed E-state index contributed by atoms with van der Waals surface area (Å²) in [6.07, 6.45) is 1.92. The van der Waals surface area contributed by atoms with Gasteiger partial charge in [-0.05, 0) is 60.9 Å². The molecule has 0 aliphatic heterocycles. The second kappa shape index (κ2) is 13.9. The number of nitrogens with zero attached hydrogens (tertiary/aromatic N) is 2. The summed E-state index contributed by atoms with van der Waals surface area (Å²) < 4.78 is 45.5. The Hall–Kier alpha value is -3.92. The zero-order chi connectivity index (χ0) is 29.3. The molecule has 40 heavy (non-hydrogen) atoms. The average molecular weight is 570 g/mol. The van der Waals surface area contributed by atoms with Gasteiger partial charge in [0.15, 0.2) is 0 Å².